The maximum Gasteiger partial charge on any atom is 0.408 e. The number of rotatable bonds is 21. The number of ether oxygens (including phenoxy) is 2. The molecular formula is C53H81FN7O9+. The van der Waals surface area contributed by atoms with Gasteiger partial charge in [0.2, 0.25) is 23.6 Å². The van der Waals surface area contributed by atoms with E-state index in [1.54, 1.807) is 39.7 Å². The van der Waals surface area contributed by atoms with Crippen molar-refractivity contribution in [3.63, 3.8) is 0 Å². The Morgan fingerprint density at radius 1 is 0.829 bits per heavy atom. The molecule has 0 unspecified atom stereocenters. The third-order valence-electron chi connectivity index (χ3n) is 12.6. The number of nitrogens with zero attached hydrogens (tertiary/aromatic N) is 2. The lowest BCUT2D eigenvalue weighted by Gasteiger charge is -2.48. The number of hydroxylamine groups is 2. The Balaban J connectivity index is 1.52. The van der Waals surface area contributed by atoms with Crippen LogP contribution in [0.2, 0.25) is 0 Å². The molecule has 5 atom stereocenters. The molecule has 0 saturated carbocycles. The van der Waals surface area contributed by atoms with Crippen molar-refractivity contribution in [2.24, 2.45) is 17.8 Å². The van der Waals surface area contributed by atoms with Gasteiger partial charge in [0.15, 0.2) is 0 Å². The molecule has 0 bridgehead atoms. The molecule has 16 nitrogen and oxygen atoms in total. The highest BCUT2D eigenvalue weighted by molar-refractivity contribution is 5.95. The Kier molecular flexibility index (Phi) is 20.8. The summed E-state index contributed by atoms with van der Waals surface area (Å²) in [6.07, 6.45) is 2.43. The third-order valence-corrected chi connectivity index (χ3v) is 12.6. The third kappa shape index (κ3) is 17.7. The fraction of sp³-hybridized carbons (Fsp3) is 0.623. The van der Waals surface area contributed by atoms with Crippen molar-refractivity contribution in [2.45, 2.75) is 181 Å². The van der Waals surface area contributed by atoms with Gasteiger partial charge in [0.25, 0.3) is 0 Å². The normalized spacial score (nSPS) is 19.1. The van der Waals surface area contributed by atoms with Crippen LogP contribution in [0.4, 0.5) is 14.0 Å². The molecule has 2 aromatic carbocycles. The molecule has 2 aliphatic heterocycles. The van der Waals surface area contributed by atoms with Crippen molar-refractivity contribution in [3.8, 4) is 0 Å². The summed E-state index contributed by atoms with van der Waals surface area (Å²) in [6, 6.07) is 13.9. The monoisotopic (exact) mass is 979 g/mol. The number of piperidine rings is 1. The molecular weight excluding hydrogens is 898 g/mol. The van der Waals surface area contributed by atoms with Crippen molar-refractivity contribution in [3.05, 3.63) is 83.7 Å². The number of alkyl carbamates (subject to hydrolysis) is 2. The Morgan fingerprint density at radius 2 is 1.43 bits per heavy atom. The smallest absolute Gasteiger partial charge is 0.408 e. The number of hydrogen-bond acceptors (Lipinski definition) is 9. The first kappa shape index (κ1) is 57.0. The topological polar surface area (TPSA) is 210 Å². The molecule has 2 fully saturated rings. The molecule has 388 valence electrons. The Labute approximate surface area is 414 Å². The van der Waals surface area contributed by atoms with Crippen LogP contribution < -0.4 is 26.6 Å². The standard InChI is InChI=1S/C53H80FN7O9/c1-34(2)28-42(58-50(67)70-51(5,6)7)40(54)30-38(29-36-20-14-12-15-21-36)48(65)60-27-19-25-43(60)46(63)59-44(35(3)4)47(64)57-41(24-18-26-55-49(66)69-33-37-22-16-13-17-23-37)45(62)56-39-31-52(8,9)61(68)53(10,11)32-39/h12-17,20-23,30,34-35,38-39,41-44,68H,18-19,24-29,31-33H2,1-11H3,(H,55,66)(H,56,62)(H,57,64)(H,58,67)(H,59,63)/p+1/b40-30-/t38-,41-,42-,43-,44-/m0/s1. The number of nitrogens with one attached hydrogen (secondary N) is 5. The van der Waals surface area contributed by atoms with E-state index in [9.17, 15) is 28.8 Å². The summed E-state index contributed by atoms with van der Waals surface area (Å²) in [4.78, 5) is 84.2. The molecule has 6 amide bonds. The van der Waals surface area contributed by atoms with Crippen molar-refractivity contribution in [1.29, 1.82) is 0 Å². The van der Waals surface area contributed by atoms with Crippen LogP contribution in [0.25, 0.3) is 0 Å². The molecule has 70 heavy (non-hydrogen) atoms. The van der Waals surface area contributed by atoms with Gasteiger partial charge >= 0.3 is 12.2 Å². The minimum Gasteiger partial charge on any atom is -0.445 e. The molecule has 2 aromatic rings. The molecule has 17 heteroatoms. The fourth-order valence-electron chi connectivity index (χ4n) is 9.34. The van der Waals surface area contributed by atoms with E-state index in [1.807, 2.05) is 102 Å². The Bertz CT molecular complexity index is 2080. The number of hydrogen-bond donors (Lipinski definition) is 5. The summed E-state index contributed by atoms with van der Waals surface area (Å²) in [7, 11) is 0. The van der Waals surface area contributed by atoms with E-state index in [1.165, 1.54) is 11.0 Å². The average molecular weight is 979 g/mol. The highest BCUT2D eigenvalue weighted by Gasteiger charge is 2.49. The van der Waals surface area contributed by atoms with Gasteiger partial charge in [-0.15, -0.1) is 0 Å². The number of carbonyl (C=O) groups is 6. The maximum atomic E-state index is 16.5. The van der Waals surface area contributed by atoms with Gasteiger partial charge in [-0.3, -0.25) is 19.2 Å². The molecule has 0 aliphatic carbocycles. The second kappa shape index (κ2) is 25.5. The lowest BCUT2D eigenvalue weighted by Crippen LogP contribution is -2.64. The van der Waals surface area contributed by atoms with Crippen LogP contribution in [-0.4, -0.2) is 111 Å². The molecule has 7 N–H and O–H groups in total. The zero-order chi connectivity index (χ0) is 52.0. The largest absolute Gasteiger partial charge is 0.445 e. The predicted molar refractivity (Wildman–Crippen MR) is 268 cm³/mol. The summed E-state index contributed by atoms with van der Waals surface area (Å²) >= 11 is 0. The highest BCUT2D eigenvalue weighted by atomic mass is 19.1. The molecule has 2 aliphatic rings. The quantitative estimate of drug-likeness (QED) is 0.0662. The second-order valence-electron chi connectivity index (χ2n) is 21.9. The van der Waals surface area contributed by atoms with Crippen molar-refractivity contribution < 1.29 is 47.8 Å². The predicted octanol–water partition coefficient (Wildman–Crippen LogP) is 6.74. The number of carbonyl (C=O) groups excluding carboxylic acids is 6. The number of halogens is 1. The average Bonchev–Trinajstić information content (AvgIpc) is 3.77. The highest BCUT2D eigenvalue weighted by Crippen LogP contribution is 2.37. The van der Waals surface area contributed by atoms with E-state index in [-0.39, 0.29) is 50.9 Å². The van der Waals surface area contributed by atoms with E-state index < -0.39 is 94.3 Å². The lowest BCUT2D eigenvalue weighted by molar-refractivity contribution is -0.246. The van der Waals surface area contributed by atoms with Crippen LogP contribution in [0.1, 0.15) is 132 Å². The van der Waals surface area contributed by atoms with Gasteiger partial charge in [0.1, 0.15) is 36.2 Å². The molecule has 0 radical (unpaired) electrons. The van der Waals surface area contributed by atoms with Crippen LogP contribution in [-0.2, 0) is 41.7 Å². The van der Waals surface area contributed by atoms with Gasteiger partial charge < -0.3 is 46.2 Å². The zero-order valence-corrected chi connectivity index (χ0v) is 43.3. The van der Waals surface area contributed by atoms with E-state index in [0.29, 0.717) is 32.1 Å². The first-order valence-electron chi connectivity index (χ1n) is 24.8. The van der Waals surface area contributed by atoms with Crippen LogP contribution in [0.15, 0.2) is 72.6 Å². The van der Waals surface area contributed by atoms with Crippen molar-refractivity contribution in [2.75, 3.05) is 13.1 Å². The van der Waals surface area contributed by atoms with Gasteiger partial charge in [-0.25, -0.2) is 14.0 Å². The Hall–Kier alpha value is -5.55. The van der Waals surface area contributed by atoms with Gasteiger partial charge in [0.05, 0.1) is 23.0 Å². The minimum atomic E-state index is -1.11. The first-order chi connectivity index (χ1) is 32.8. The summed E-state index contributed by atoms with van der Waals surface area (Å²) in [6.45, 7) is 20.7. The maximum absolute atomic E-state index is 16.5. The second-order valence-corrected chi connectivity index (χ2v) is 21.9. The molecule has 4 rings (SSSR count). The van der Waals surface area contributed by atoms with Crippen LogP contribution >= 0.6 is 0 Å². The molecule has 2 heterocycles. The van der Waals surface area contributed by atoms with E-state index in [0.717, 1.165) is 11.1 Å². The summed E-state index contributed by atoms with van der Waals surface area (Å²) in [5.41, 5.74) is -0.312. The van der Waals surface area contributed by atoms with Gasteiger partial charge in [-0.2, -0.15) is 0 Å². The number of likely N-dealkylation sites (tertiary alicyclic amines) is 1. The van der Waals surface area contributed by atoms with Crippen molar-refractivity contribution in [1.82, 2.24) is 36.5 Å². The first-order valence-corrected chi connectivity index (χ1v) is 24.8. The van der Waals surface area contributed by atoms with Crippen LogP contribution in [0.5, 0.6) is 0 Å². The molecule has 2 saturated heterocycles. The summed E-state index contributed by atoms with van der Waals surface area (Å²) in [5.74, 6) is -4.26. The molecule has 0 aromatic heterocycles. The summed E-state index contributed by atoms with van der Waals surface area (Å²) in [5, 5.41) is 24.5. The van der Waals surface area contributed by atoms with Gasteiger partial charge in [-0.1, -0.05) is 93.4 Å². The van der Waals surface area contributed by atoms with Crippen LogP contribution in [0.3, 0.4) is 0 Å². The van der Waals surface area contributed by atoms with E-state index >= 15 is 4.39 Å². The zero-order valence-electron chi connectivity index (χ0n) is 43.3. The number of amides is 6. The SMILES string of the molecule is CC(C)C[C@H](NC(=O)OC(C)(C)C)/C(F)=C/[C@H](Cc1ccccc1)C(=O)N1CCC[C@H]1C(=O)N[C@H](C(=O)N[C@@H](CCCNC(=O)OCc1ccccc1)C(=O)NC1CC(C)(C)N([OH2+])C(C)(C)C1)C(C)C. The van der Waals surface area contributed by atoms with Gasteiger partial charge in [0, 0.05) is 19.1 Å². The van der Waals surface area contributed by atoms with Crippen LogP contribution in [0, 0.1) is 17.8 Å². The minimum absolute atomic E-state index is 0.0183. The Morgan fingerprint density at radius 3 is 2.00 bits per heavy atom. The van der Waals surface area contributed by atoms with Gasteiger partial charge in [-0.05, 0) is 129 Å². The fourth-order valence-corrected chi connectivity index (χ4v) is 9.34. The number of benzene rings is 2. The lowest BCUT2D eigenvalue weighted by atomic mass is 9.79. The van der Waals surface area contributed by atoms with E-state index in [4.69, 9.17) is 14.7 Å². The van der Waals surface area contributed by atoms with Crippen molar-refractivity contribution >= 4 is 35.8 Å². The van der Waals surface area contributed by atoms with E-state index in [2.05, 4.69) is 26.6 Å². The molecule has 0 spiro atoms. The summed E-state index contributed by atoms with van der Waals surface area (Å²) < 4.78 is 27.2.